The van der Waals surface area contributed by atoms with Crippen LogP contribution in [0.1, 0.15) is 26.7 Å². The molecule has 2 bridgehead atoms. The zero-order valence-electron chi connectivity index (χ0n) is 12.8. The van der Waals surface area contributed by atoms with Gasteiger partial charge in [-0.05, 0) is 32.3 Å². The van der Waals surface area contributed by atoms with Gasteiger partial charge in [-0.15, -0.1) is 0 Å². The van der Waals surface area contributed by atoms with E-state index in [0.29, 0.717) is 24.2 Å². The molecule has 0 aromatic carbocycles. The zero-order valence-corrected chi connectivity index (χ0v) is 12.8. The predicted octanol–water partition coefficient (Wildman–Crippen LogP) is 2.13. The maximum Gasteiger partial charge on any atom is 0.337 e. The van der Waals surface area contributed by atoms with Gasteiger partial charge in [0.15, 0.2) is 5.78 Å². The van der Waals surface area contributed by atoms with Crippen LogP contribution in [0.3, 0.4) is 0 Å². The number of ketones is 1. The molecule has 22 heavy (non-hydrogen) atoms. The summed E-state index contributed by atoms with van der Waals surface area (Å²) in [5, 5.41) is 0. The van der Waals surface area contributed by atoms with Crippen molar-refractivity contribution in [2.45, 2.75) is 26.7 Å². The lowest BCUT2D eigenvalue weighted by atomic mass is 9.77. The first-order valence-corrected chi connectivity index (χ1v) is 7.53. The molecule has 2 aliphatic carbocycles. The van der Waals surface area contributed by atoms with Gasteiger partial charge in [0.25, 0.3) is 0 Å². The van der Waals surface area contributed by atoms with Crippen LogP contribution < -0.4 is 0 Å². The summed E-state index contributed by atoms with van der Waals surface area (Å²) in [6.07, 6.45) is 7.48. The van der Waals surface area contributed by atoms with Crippen LogP contribution in [-0.4, -0.2) is 30.9 Å². The first-order chi connectivity index (χ1) is 10.6. The number of rotatable bonds is 5. The van der Waals surface area contributed by atoms with Crippen molar-refractivity contribution in [1.82, 2.24) is 0 Å². The molecular formula is C17H20O5. The second kappa shape index (κ2) is 7.20. The molecule has 0 aromatic heterocycles. The summed E-state index contributed by atoms with van der Waals surface area (Å²) in [4.78, 5) is 36.0. The van der Waals surface area contributed by atoms with Crippen LogP contribution in [0.2, 0.25) is 0 Å². The van der Waals surface area contributed by atoms with Crippen LogP contribution in [0.4, 0.5) is 0 Å². The van der Waals surface area contributed by atoms with E-state index in [2.05, 4.69) is 0 Å². The Balaban J connectivity index is 2.24. The van der Waals surface area contributed by atoms with Gasteiger partial charge in [-0.1, -0.05) is 18.2 Å². The normalized spacial score (nSPS) is 23.3. The summed E-state index contributed by atoms with van der Waals surface area (Å²) in [5.41, 5.74) is 0.944. The summed E-state index contributed by atoms with van der Waals surface area (Å²) >= 11 is 0. The van der Waals surface area contributed by atoms with Gasteiger partial charge in [-0.3, -0.25) is 9.59 Å². The summed E-state index contributed by atoms with van der Waals surface area (Å²) in [7, 11) is 0. The van der Waals surface area contributed by atoms with Crippen LogP contribution in [0.5, 0.6) is 0 Å². The molecule has 0 unspecified atom stereocenters. The van der Waals surface area contributed by atoms with Crippen molar-refractivity contribution in [3.05, 3.63) is 35.5 Å². The third-order valence-corrected chi connectivity index (χ3v) is 3.78. The van der Waals surface area contributed by atoms with Crippen LogP contribution in [0, 0.1) is 11.8 Å². The molecule has 5 nitrogen and oxygen atoms in total. The van der Waals surface area contributed by atoms with E-state index < -0.39 is 11.9 Å². The van der Waals surface area contributed by atoms with Gasteiger partial charge in [0.05, 0.1) is 18.8 Å². The number of carbonyl (C=O) groups excluding carboxylic acids is 3. The second-order valence-electron chi connectivity index (χ2n) is 5.23. The van der Waals surface area contributed by atoms with Crippen molar-refractivity contribution in [2.24, 2.45) is 11.8 Å². The van der Waals surface area contributed by atoms with Crippen LogP contribution in [-0.2, 0) is 23.9 Å². The SMILES string of the molecule is CCOC(=O)C[C@H]1CC=C2C=CC(C(=O)OCC)=C[C@H]1C2=O. The molecule has 0 heterocycles. The van der Waals surface area contributed by atoms with E-state index in [-0.39, 0.29) is 30.7 Å². The van der Waals surface area contributed by atoms with Gasteiger partial charge >= 0.3 is 11.9 Å². The molecule has 2 rings (SSSR count). The Morgan fingerprint density at radius 2 is 1.91 bits per heavy atom. The highest BCUT2D eigenvalue weighted by Gasteiger charge is 2.35. The fraction of sp³-hybridized carbons (Fsp3) is 0.471. The van der Waals surface area contributed by atoms with Crippen molar-refractivity contribution in [1.29, 1.82) is 0 Å². The highest BCUT2D eigenvalue weighted by Crippen LogP contribution is 2.34. The van der Waals surface area contributed by atoms with Gasteiger partial charge in [-0.25, -0.2) is 4.79 Å². The van der Waals surface area contributed by atoms with Gasteiger partial charge in [-0.2, -0.15) is 0 Å². The molecular weight excluding hydrogens is 284 g/mol. The number of hydrogen-bond acceptors (Lipinski definition) is 5. The minimum Gasteiger partial charge on any atom is -0.466 e. The Kier molecular flexibility index (Phi) is 5.31. The molecule has 0 saturated carbocycles. The predicted molar refractivity (Wildman–Crippen MR) is 79.8 cm³/mol. The maximum absolute atomic E-state index is 12.4. The third kappa shape index (κ3) is 3.53. The van der Waals surface area contributed by atoms with Gasteiger partial charge in [0, 0.05) is 17.9 Å². The Morgan fingerprint density at radius 3 is 2.59 bits per heavy atom. The lowest BCUT2D eigenvalue weighted by molar-refractivity contribution is -0.144. The fourth-order valence-corrected chi connectivity index (χ4v) is 2.72. The standard InChI is InChI=1S/C17H20O5/c1-3-21-15(18)10-12-7-5-11-6-8-13(17(20)22-4-2)9-14(12)16(11)19/h5-6,8-9,12,14H,3-4,7,10H2,1-2H3/t12-,14-/m1/s1. The number of hydrogen-bond donors (Lipinski definition) is 0. The van der Waals surface area contributed by atoms with Crippen LogP contribution >= 0.6 is 0 Å². The third-order valence-electron chi connectivity index (χ3n) is 3.78. The van der Waals surface area contributed by atoms with Crippen molar-refractivity contribution >= 4 is 17.7 Å². The van der Waals surface area contributed by atoms with E-state index in [9.17, 15) is 14.4 Å². The lowest BCUT2D eigenvalue weighted by Gasteiger charge is -2.26. The molecule has 2 aliphatic rings. The number of Topliss-reactive ketones (excluding diaryl/α,β-unsaturated/α-hetero) is 1. The molecule has 0 spiro atoms. The molecule has 0 N–H and O–H groups in total. The number of fused-ring (bicyclic) bond motifs is 2. The zero-order chi connectivity index (χ0) is 16.1. The average molecular weight is 304 g/mol. The molecule has 0 radical (unpaired) electrons. The first kappa shape index (κ1) is 16.2. The van der Waals surface area contributed by atoms with Crippen LogP contribution in [0.25, 0.3) is 0 Å². The summed E-state index contributed by atoms with van der Waals surface area (Å²) in [6, 6.07) is 0. The Hall–Kier alpha value is -2.17. The van der Waals surface area contributed by atoms with E-state index in [4.69, 9.17) is 9.47 Å². The Morgan fingerprint density at radius 1 is 1.18 bits per heavy atom. The molecule has 5 heteroatoms. The van der Waals surface area contributed by atoms with Crippen LogP contribution in [0.15, 0.2) is 35.5 Å². The van der Waals surface area contributed by atoms with Gasteiger partial charge in [0.2, 0.25) is 0 Å². The van der Waals surface area contributed by atoms with E-state index in [1.165, 1.54) is 0 Å². The first-order valence-electron chi connectivity index (χ1n) is 7.53. The molecule has 0 saturated heterocycles. The highest BCUT2D eigenvalue weighted by molar-refractivity contribution is 6.05. The van der Waals surface area contributed by atoms with Gasteiger partial charge < -0.3 is 9.47 Å². The van der Waals surface area contributed by atoms with E-state index in [1.807, 2.05) is 6.08 Å². The fourth-order valence-electron chi connectivity index (χ4n) is 2.72. The minimum absolute atomic E-state index is 0.0592. The average Bonchev–Trinajstić information content (AvgIpc) is 2.57. The summed E-state index contributed by atoms with van der Waals surface area (Å²) in [6.45, 7) is 4.07. The molecule has 0 aliphatic heterocycles. The van der Waals surface area contributed by atoms with Crippen molar-refractivity contribution in [3.63, 3.8) is 0 Å². The Labute approximate surface area is 129 Å². The van der Waals surface area contributed by atoms with Crippen molar-refractivity contribution in [2.75, 3.05) is 13.2 Å². The van der Waals surface area contributed by atoms with E-state index >= 15 is 0 Å². The maximum atomic E-state index is 12.4. The van der Waals surface area contributed by atoms with Gasteiger partial charge in [0.1, 0.15) is 0 Å². The minimum atomic E-state index is -0.487. The topological polar surface area (TPSA) is 69.7 Å². The summed E-state index contributed by atoms with van der Waals surface area (Å²) in [5.74, 6) is -1.50. The Bertz CT molecular complexity index is 568. The highest BCUT2D eigenvalue weighted by atomic mass is 16.5. The number of allylic oxidation sites excluding steroid dienone is 4. The molecule has 0 aromatic rings. The molecule has 0 fully saturated rings. The molecule has 0 amide bonds. The van der Waals surface area contributed by atoms with E-state index in [1.54, 1.807) is 32.1 Å². The number of esters is 2. The lowest BCUT2D eigenvalue weighted by Crippen LogP contribution is -2.29. The largest absolute Gasteiger partial charge is 0.466 e. The quantitative estimate of drug-likeness (QED) is 0.728. The smallest absolute Gasteiger partial charge is 0.337 e. The van der Waals surface area contributed by atoms with Crippen molar-refractivity contribution in [3.8, 4) is 0 Å². The van der Waals surface area contributed by atoms with E-state index in [0.717, 1.165) is 0 Å². The molecule has 118 valence electrons. The van der Waals surface area contributed by atoms with Crippen molar-refractivity contribution < 1.29 is 23.9 Å². The monoisotopic (exact) mass is 304 g/mol. The molecule has 2 atom stereocenters. The number of ether oxygens (including phenoxy) is 2. The second-order valence-corrected chi connectivity index (χ2v) is 5.23. The summed E-state index contributed by atoms with van der Waals surface area (Å²) < 4.78 is 9.96. The number of carbonyl (C=O) groups is 3.